The Kier molecular flexibility index (Phi) is 2.37. The zero-order valence-corrected chi connectivity index (χ0v) is 8.07. The summed E-state index contributed by atoms with van der Waals surface area (Å²) in [5, 5.41) is 3.20. The van der Waals surface area contributed by atoms with Gasteiger partial charge in [0.1, 0.15) is 0 Å². The minimum Gasteiger partial charge on any atom is -0.356 e. The van der Waals surface area contributed by atoms with Gasteiger partial charge in [0, 0.05) is 11.6 Å². The van der Waals surface area contributed by atoms with E-state index in [9.17, 15) is 4.79 Å². The summed E-state index contributed by atoms with van der Waals surface area (Å²) in [5.74, 6) is 0.572. The third-order valence-corrected chi connectivity index (χ3v) is 2.02. The Morgan fingerprint density at radius 2 is 2.00 bits per heavy atom. The number of rotatable bonds is 2. The first-order valence-corrected chi connectivity index (χ1v) is 4.47. The molecular formula is C10H7NO2S. The molecule has 1 aromatic carbocycles. The Balaban J connectivity index is 2.39. The summed E-state index contributed by atoms with van der Waals surface area (Å²) in [6, 6.07) is 11.0. The van der Waals surface area contributed by atoms with Gasteiger partial charge in [-0.3, -0.25) is 4.79 Å². The highest BCUT2D eigenvalue weighted by atomic mass is 32.1. The van der Waals surface area contributed by atoms with Crippen molar-refractivity contribution >= 4 is 17.7 Å². The molecule has 0 bridgehead atoms. The molecule has 0 saturated heterocycles. The normalized spacial score (nSPS) is 10.1. The van der Waals surface area contributed by atoms with Crippen LogP contribution in [0.4, 0.5) is 0 Å². The van der Waals surface area contributed by atoms with Crippen molar-refractivity contribution in [3.63, 3.8) is 0 Å². The first-order valence-electron chi connectivity index (χ1n) is 4.03. The molecule has 14 heavy (non-hydrogen) atoms. The molecule has 0 aliphatic rings. The van der Waals surface area contributed by atoms with Crippen LogP contribution in [0.25, 0.3) is 11.3 Å². The Labute approximate surface area is 86.1 Å². The van der Waals surface area contributed by atoms with Crippen molar-refractivity contribution in [3.05, 3.63) is 42.1 Å². The molecule has 0 unspecified atom stereocenters. The van der Waals surface area contributed by atoms with E-state index in [1.54, 1.807) is 6.07 Å². The maximum absolute atomic E-state index is 10.8. The van der Waals surface area contributed by atoms with Crippen molar-refractivity contribution < 1.29 is 9.32 Å². The molecule has 4 heteroatoms. The molecule has 0 amide bonds. The van der Waals surface area contributed by atoms with E-state index in [0.29, 0.717) is 5.76 Å². The lowest BCUT2D eigenvalue weighted by Crippen LogP contribution is -1.85. The van der Waals surface area contributed by atoms with Crippen LogP contribution >= 0.6 is 12.6 Å². The summed E-state index contributed by atoms with van der Waals surface area (Å²) in [6.07, 6.45) is 0. The standard InChI is InChI=1S/C10H7NO2S/c12-10(14)8-6-9(13-11-8)7-4-2-1-3-5-7/h1-6H,(H,12,14). The first kappa shape index (κ1) is 9.02. The van der Waals surface area contributed by atoms with Gasteiger partial charge in [-0.05, 0) is 0 Å². The van der Waals surface area contributed by atoms with Gasteiger partial charge in [0.05, 0.1) is 0 Å². The summed E-state index contributed by atoms with van der Waals surface area (Å²) < 4.78 is 4.99. The number of nitrogens with zero attached hydrogens (tertiary/aromatic N) is 1. The molecule has 2 aromatic rings. The number of carbonyl (C=O) groups excluding carboxylic acids is 1. The third-order valence-electron chi connectivity index (χ3n) is 1.79. The fourth-order valence-corrected chi connectivity index (χ4v) is 1.22. The van der Waals surface area contributed by atoms with Crippen molar-refractivity contribution in [3.8, 4) is 11.3 Å². The first-order chi connectivity index (χ1) is 6.77. The van der Waals surface area contributed by atoms with E-state index in [1.165, 1.54) is 0 Å². The van der Waals surface area contributed by atoms with Crippen LogP contribution in [0.2, 0.25) is 0 Å². The molecule has 0 aliphatic carbocycles. The average Bonchev–Trinajstić information content (AvgIpc) is 2.68. The number of hydrogen-bond acceptors (Lipinski definition) is 3. The molecule has 0 spiro atoms. The molecule has 0 atom stereocenters. The van der Waals surface area contributed by atoms with Gasteiger partial charge < -0.3 is 4.52 Å². The molecule has 0 saturated carbocycles. The maximum atomic E-state index is 10.8. The molecule has 2 rings (SSSR count). The Morgan fingerprint density at radius 1 is 1.29 bits per heavy atom. The second-order valence-electron chi connectivity index (χ2n) is 2.75. The number of carbonyl (C=O) groups is 1. The van der Waals surface area contributed by atoms with Crippen molar-refractivity contribution in [1.82, 2.24) is 5.16 Å². The van der Waals surface area contributed by atoms with Crippen molar-refractivity contribution in [1.29, 1.82) is 0 Å². The summed E-state index contributed by atoms with van der Waals surface area (Å²) in [4.78, 5) is 10.8. The molecule has 0 radical (unpaired) electrons. The predicted octanol–water partition coefficient (Wildman–Crippen LogP) is 2.41. The minimum absolute atomic E-state index is 0.229. The second-order valence-corrected chi connectivity index (χ2v) is 3.15. The fraction of sp³-hybridized carbons (Fsp3) is 0. The van der Waals surface area contributed by atoms with Crippen molar-refractivity contribution in [2.45, 2.75) is 0 Å². The largest absolute Gasteiger partial charge is 0.356 e. The van der Waals surface area contributed by atoms with E-state index in [1.807, 2.05) is 30.3 Å². The number of benzene rings is 1. The molecule has 3 nitrogen and oxygen atoms in total. The van der Waals surface area contributed by atoms with Gasteiger partial charge in [0.25, 0.3) is 0 Å². The SMILES string of the molecule is O=C(S)c1cc(-c2ccccc2)on1. The summed E-state index contributed by atoms with van der Waals surface area (Å²) in [5.41, 5.74) is 1.12. The van der Waals surface area contributed by atoms with E-state index in [0.717, 1.165) is 5.56 Å². The van der Waals surface area contributed by atoms with Gasteiger partial charge >= 0.3 is 0 Å². The van der Waals surface area contributed by atoms with Gasteiger partial charge in [-0.2, -0.15) is 0 Å². The Morgan fingerprint density at radius 3 is 2.57 bits per heavy atom. The van der Waals surface area contributed by atoms with Crippen molar-refractivity contribution in [2.75, 3.05) is 0 Å². The molecule has 0 N–H and O–H groups in total. The summed E-state index contributed by atoms with van der Waals surface area (Å²) in [7, 11) is 0. The minimum atomic E-state index is -0.393. The van der Waals surface area contributed by atoms with Crippen LogP contribution in [0.15, 0.2) is 40.9 Å². The summed E-state index contributed by atoms with van der Waals surface area (Å²) in [6.45, 7) is 0. The van der Waals surface area contributed by atoms with E-state index in [-0.39, 0.29) is 5.69 Å². The van der Waals surface area contributed by atoms with Crippen LogP contribution in [0, 0.1) is 0 Å². The third kappa shape index (κ3) is 1.70. The van der Waals surface area contributed by atoms with Crippen LogP contribution < -0.4 is 0 Å². The highest BCUT2D eigenvalue weighted by Gasteiger charge is 2.09. The molecule has 1 heterocycles. The molecule has 0 fully saturated rings. The highest BCUT2D eigenvalue weighted by molar-refractivity contribution is 7.97. The predicted molar refractivity (Wildman–Crippen MR) is 55.3 cm³/mol. The number of hydrogen-bond donors (Lipinski definition) is 1. The Hall–Kier alpha value is -1.55. The van der Waals surface area contributed by atoms with E-state index in [2.05, 4.69) is 17.8 Å². The molecular weight excluding hydrogens is 198 g/mol. The quantitative estimate of drug-likeness (QED) is 0.765. The zero-order valence-electron chi connectivity index (χ0n) is 7.18. The highest BCUT2D eigenvalue weighted by Crippen LogP contribution is 2.20. The van der Waals surface area contributed by atoms with Gasteiger partial charge in [-0.1, -0.05) is 48.1 Å². The number of aromatic nitrogens is 1. The maximum Gasteiger partial charge on any atom is 0.238 e. The monoisotopic (exact) mass is 205 g/mol. The fourth-order valence-electron chi connectivity index (χ4n) is 1.11. The lowest BCUT2D eigenvalue weighted by Gasteiger charge is -1.91. The average molecular weight is 205 g/mol. The topological polar surface area (TPSA) is 43.1 Å². The van der Waals surface area contributed by atoms with Gasteiger partial charge in [-0.15, -0.1) is 0 Å². The zero-order chi connectivity index (χ0) is 9.97. The molecule has 70 valence electrons. The smallest absolute Gasteiger partial charge is 0.238 e. The van der Waals surface area contributed by atoms with Gasteiger partial charge in [0.15, 0.2) is 11.5 Å². The van der Waals surface area contributed by atoms with Crippen LogP contribution in [0.5, 0.6) is 0 Å². The van der Waals surface area contributed by atoms with Gasteiger partial charge in [0.2, 0.25) is 5.12 Å². The van der Waals surface area contributed by atoms with E-state index < -0.39 is 5.12 Å². The van der Waals surface area contributed by atoms with Crippen LogP contribution in [-0.2, 0) is 0 Å². The second kappa shape index (κ2) is 3.67. The van der Waals surface area contributed by atoms with Crippen LogP contribution in [0.3, 0.4) is 0 Å². The number of thiol groups is 1. The van der Waals surface area contributed by atoms with Crippen molar-refractivity contribution in [2.24, 2.45) is 0 Å². The van der Waals surface area contributed by atoms with E-state index in [4.69, 9.17) is 4.52 Å². The molecule has 1 aromatic heterocycles. The van der Waals surface area contributed by atoms with Gasteiger partial charge in [-0.25, -0.2) is 0 Å². The Bertz CT molecular complexity index is 450. The summed E-state index contributed by atoms with van der Waals surface area (Å²) >= 11 is 3.65. The van der Waals surface area contributed by atoms with Crippen LogP contribution in [0.1, 0.15) is 10.5 Å². The van der Waals surface area contributed by atoms with Crippen LogP contribution in [-0.4, -0.2) is 10.3 Å². The van der Waals surface area contributed by atoms with E-state index >= 15 is 0 Å². The lowest BCUT2D eigenvalue weighted by molar-refractivity contribution is 0.108. The molecule has 0 aliphatic heterocycles. The lowest BCUT2D eigenvalue weighted by atomic mass is 10.2.